The lowest BCUT2D eigenvalue weighted by molar-refractivity contribution is 0.0331. The van der Waals surface area contributed by atoms with E-state index in [1.807, 2.05) is 19.1 Å². The van der Waals surface area contributed by atoms with Crippen LogP contribution in [-0.2, 0) is 10.4 Å². The lowest BCUT2D eigenvalue weighted by Gasteiger charge is -2.23. The van der Waals surface area contributed by atoms with Gasteiger partial charge in [-0.05, 0) is 38.4 Å². The van der Waals surface area contributed by atoms with E-state index < -0.39 is 5.67 Å². The number of aryl methyl sites for hydroxylation is 1. The Bertz CT molecular complexity index is 303. The number of ether oxygens (including phenoxy) is 1. The minimum absolute atomic E-state index is 0.104. The first kappa shape index (κ1) is 12.6. The summed E-state index contributed by atoms with van der Waals surface area (Å²) >= 11 is 1.49. The monoisotopic (exact) mass is 231 g/mol. The molecule has 0 bridgehead atoms. The van der Waals surface area contributed by atoms with E-state index >= 15 is 0 Å². The maximum atomic E-state index is 14.6. The molecule has 0 saturated heterocycles. The zero-order valence-corrected chi connectivity index (χ0v) is 10.1. The van der Waals surface area contributed by atoms with Crippen LogP contribution in [0.5, 0.6) is 0 Å². The molecule has 0 aliphatic rings. The Morgan fingerprint density at radius 3 is 2.73 bits per heavy atom. The van der Waals surface area contributed by atoms with Crippen LogP contribution in [0.15, 0.2) is 12.1 Å². The van der Waals surface area contributed by atoms with E-state index in [2.05, 4.69) is 0 Å². The van der Waals surface area contributed by atoms with E-state index in [1.165, 1.54) is 18.4 Å². The minimum Gasteiger partial charge on any atom is -0.381 e. The predicted octanol–water partition coefficient (Wildman–Crippen LogP) is 2.61. The molecule has 2 N–H and O–H groups in total. The molecule has 0 spiro atoms. The third-order valence-electron chi connectivity index (χ3n) is 2.33. The smallest absolute Gasteiger partial charge is 0.168 e. The van der Waals surface area contributed by atoms with Crippen molar-refractivity contribution >= 4 is 11.3 Å². The van der Waals surface area contributed by atoms with Gasteiger partial charge in [-0.3, -0.25) is 0 Å². The molecule has 86 valence electrons. The van der Waals surface area contributed by atoms with Gasteiger partial charge in [-0.25, -0.2) is 4.39 Å². The Balaban J connectivity index is 2.79. The molecule has 0 aliphatic carbocycles. The van der Waals surface area contributed by atoms with Crippen LogP contribution < -0.4 is 5.73 Å². The molecule has 0 aliphatic heterocycles. The first-order valence-electron chi connectivity index (χ1n) is 5.07. The van der Waals surface area contributed by atoms with Crippen molar-refractivity contribution in [2.45, 2.75) is 25.4 Å². The lowest BCUT2D eigenvalue weighted by Crippen LogP contribution is -2.26. The SMILES string of the molecule is COCC(F)(CCCN)c1ccc(C)s1. The molecule has 0 aromatic carbocycles. The van der Waals surface area contributed by atoms with Crippen molar-refractivity contribution in [1.82, 2.24) is 0 Å². The van der Waals surface area contributed by atoms with E-state index in [-0.39, 0.29) is 6.61 Å². The molecule has 1 aromatic heterocycles. The van der Waals surface area contributed by atoms with Crippen molar-refractivity contribution in [2.75, 3.05) is 20.3 Å². The van der Waals surface area contributed by atoms with Crippen LogP contribution in [0.1, 0.15) is 22.6 Å². The molecule has 2 nitrogen and oxygen atoms in total. The van der Waals surface area contributed by atoms with Crippen LogP contribution in [0.2, 0.25) is 0 Å². The average Bonchev–Trinajstić information content (AvgIpc) is 2.63. The number of methoxy groups -OCH3 is 1. The predicted molar refractivity (Wildman–Crippen MR) is 62.0 cm³/mol. The van der Waals surface area contributed by atoms with Gasteiger partial charge in [0, 0.05) is 16.9 Å². The maximum Gasteiger partial charge on any atom is 0.168 e. The van der Waals surface area contributed by atoms with Crippen LogP contribution in [0.4, 0.5) is 4.39 Å². The van der Waals surface area contributed by atoms with Crippen molar-refractivity contribution < 1.29 is 9.13 Å². The lowest BCUT2D eigenvalue weighted by atomic mass is 9.99. The summed E-state index contributed by atoms with van der Waals surface area (Å²) < 4.78 is 19.5. The summed E-state index contributed by atoms with van der Waals surface area (Å²) in [6, 6.07) is 3.78. The molecule has 1 unspecified atom stereocenters. The molecule has 0 radical (unpaired) electrons. The fourth-order valence-corrected chi connectivity index (χ4v) is 2.52. The van der Waals surface area contributed by atoms with Gasteiger partial charge in [0.25, 0.3) is 0 Å². The number of rotatable bonds is 6. The summed E-state index contributed by atoms with van der Waals surface area (Å²) in [4.78, 5) is 1.87. The molecule has 1 rings (SSSR count). The van der Waals surface area contributed by atoms with Gasteiger partial charge in [0.15, 0.2) is 5.67 Å². The molecule has 0 fully saturated rings. The number of nitrogens with two attached hydrogens (primary N) is 1. The summed E-state index contributed by atoms with van der Waals surface area (Å²) in [5.41, 5.74) is 4.04. The second-order valence-corrected chi connectivity index (χ2v) is 4.99. The van der Waals surface area contributed by atoms with Gasteiger partial charge < -0.3 is 10.5 Å². The zero-order valence-electron chi connectivity index (χ0n) is 9.25. The van der Waals surface area contributed by atoms with Gasteiger partial charge in [-0.2, -0.15) is 0 Å². The van der Waals surface area contributed by atoms with Crippen molar-refractivity contribution in [3.8, 4) is 0 Å². The number of hydrogen-bond acceptors (Lipinski definition) is 3. The molecule has 4 heteroatoms. The topological polar surface area (TPSA) is 35.2 Å². The fourth-order valence-electron chi connectivity index (χ4n) is 1.55. The van der Waals surface area contributed by atoms with Gasteiger partial charge in [-0.15, -0.1) is 11.3 Å². The number of alkyl halides is 1. The molecule has 1 atom stereocenters. The number of hydrogen-bond donors (Lipinski definition) is 1. The highest BCUT2D eigenvalue weighted by Crippen LogP contribution is 2.35. The molecule has 0 saturated carbocycles. The number of halogens is 1. The second kappa shape index (κ2) is 5.58. The van der Waals surface area contributed by atoms with Gasteiger partial charge in [0.2, 0.25) is 0 Å². The third-order valence-corrected chi connectivity index (χ3v) is 3.51. The Hall–Kier alpha value is -0.450. The summed E-state index contributed by atoms with van der Waals surface area (Å²) in [6.07, 6.45) is 1.11. The van der Waals surface area contributed by atoms with E-state index in [0.29, 0.717) is 19.4 Å². The summed E-state index contributed by atoms with van der Waals surface area (Å²) in [5.74, 6) is 0. The van der Waals surface area contributed by atoms with Gasteiger partial charge in [0.05, 0.1) is 6.61 Å². The number of thiophene rings is 1. The Kier molecular flexibility index (Phi) is 4.70. The van der Waals surface area contributed by atoms with E-state index in [4.69, 9.17) is 10.5 Å². The largest absolute Gasteiger partial charge is 0.381 e. The van der Waals surface area contributed by atoms with Gasteiger partial charge in [-0.1, -0.05) is 0 Å². The Morgan fingerprint density at radius 2 is 2.27 bits per heavy atom. The summed E-state index contributed by atoms with van der Waals surface area (Å²) in [6.45, 7) is 2.59. The van der Waals surface area contributed by atoms with Crippen LogP contribution in [-0.4, -0.2) is 20.3 Å². The standard InChI is InChI=1S/C11H18FNOS/c1-9-4-5-10(15-9)11(12,8-14-2)6-3-7-13/h4-5H,3,6-8,13H2,1-2H3. The van der Waals surface area contributed by atoms with Gasteiger partial charge >= 0.3 is 0 Å². The quantitative estimate of drug-likeness (QED) is 0.816. The van der Waals surface area contributed by atoms with Crippen LogP contribution >= 0.6 is 11.3 Å². The Morgan fingerprint density at radius 1 is 1.53 bits per heavy atom. The normalized spacial score (nSPS) is 15.2. The molecular weight excluding hydrogens is 213 g/mol. The van der Waals surface area contributed by atoms with Crippen molar-refractivity contribution in [3.05, 3.63) is 21.9 Å². The molecule has 15 heavy (non-hydrogen) atoms. The van der Waals surface area contributed by atoms with Crippen LogP contribution in [0.25, 0.3) is 0 Å². The van der Waals surface area contributed by atoms with E-state index in [0.717, 1.165) is 9.75 Å². The van der Waals surface area contributed by atoms with Gasteiger partial charge in [0.1, 0.15) is 0 Å². The van der Waals surface area contributed by atoms with Crippen molar-refractivity contribution in [1.29, 1.82) is 0 Å². The molecule has 1 heterocycles. The highest BCUT2D eigenvalue weighted by atomic mass is 32.1. The van der Waals surface area contributed by atoms with Crippen molar-refractivity contribution in [3.63, 3.8) is 0 Å². The first-order valence-corrected chi connectivity index (χ1v) is 5.89. The maximum absolute atomic E-state index is 14.6. The van der Waals surface area contributed by atoms with E-state index in [9.17, 15) is 4.39 Å². The minimum atomic E-state index is -1.37. The van der Waals surface area contributed by atoms with Crippen LogP contribution in [0, 0.1) is 6.92 Å². The molecular formula is C11H18FNOS. The zero-order chi connectivity index (χ0) is 11.3. The van der Waals surface area contributed by atoms with Crippen molar-refractivity contribution in [2.24, 2.45) is 5.73 Å². The average molecular weight is 231 g/mol. The van der Waals surface area contributed by atoms with Crippen LogP contribution in [0.3, 0.4) is 0 Å². The van der Waals surface area contributed by atoms with E-state index in [1.54, 1.807) is 0 Å². The highest BCUT2D eigenvalue weighted by Gasteiger charge is 2.32. The summed E-state index contributed by atoms with van der Waals surface area (Å²) in [7, 11) is 1.53. The molecule has 0 amide bonds. The highest BCUT2D eigenvalue weighted by molar-refractivity contribution is 7.12. The third kappa shape index (κ3) is 3.26. The summed E-state index contributed by atoms with van der Waals surface area (Å²) in [5, 5.41) is 0. The molecule has 1 aromatic rings. The fraction of sp³-hybridized carbons (Fsp3) is 0.636. The first-order chi connectivity index (χ1) is 7.12. The second-order valence-electron chi connectivity index (χ2n) is 3.70. The Labute approximate surface area is 94.2 Å².